The van der Waals surface area contributed by atoms with Crippen LogP contribution in [0.15, 0.2) is 24.3 Å². The normalized spacial score (nSPS) is 14.2. The van der Waals surface area contributed by atoms with Gasteiger partial charge < -0.3 is 14.7 Å². The van der Waals surface area contributed by atoms with Crippen molar-refractivity contribution in [3.63, 3.8) is 0 Å². The standard InChI is InChI=1S/C15H17NO4/c1-2-20-14(17)6-4-11-3-5-12-7-8-16(15(18)19)10-13(12)9-11/h3-6,9H,2,7-8,10H2,1H3,(H,18,19)/b6-4+. The zero-order valence-corrected chi connectivity index (χ0v) is 11.3. The first-order valence-electron chi connectivity index (χ1n) is 6.54. The minimum atomic E-state index is -0.900. The van der Waals surface area contributed by atoms with Crippen LogP contribution in [0.1, 0.15) is 23.6 Å². The Morgan fingerprint density at radius 1 is 1.40 bits per heavy atom. The molecule has 5 heteroatoms. The van der Waals surface area contributed by atoms with E-state index in [9.17, 15) is 9.59 Å². The molecular weight excluding hydrogens is 258 g/mol. The van der Waals surface area contributed by atoms with Crippen LogP contribution in [0.25, 0.3) is 6.08 Å². The van der Waals surface area contributed by atoms with Crippen LogP contribution >= 0.6 is 0 Å². The number of carbonyl (C=O) groups is 2. The number of hydrogen-bond donors (Lipinski definition) is 1. The Balaban J connectivity index is 2.13. The first-order valence-corrected chi connectivity index (χ1v) is 6.54. The zero-order chi connectivity index (χ0) is 14.5. The molecule has 1 heterocycles. The number of amides is 1. The fourth-order valence-electron chi connectivity index (χ4n) is 2.20. The fourth-order valence-corrected chi connectivity index (χ4v) is 2.20. The van der Waals surface area contributed by atoms with Crippen LogP contribution in [0.2, 0.25) is 0 Å². The van der Waals surface area contributed by atoms with Crippen molar-refractivity contribution < 1.29 is 19.4 Å². The summed E-state index contributed by atoms with van der Waals surface area (Å²) in [6.45, 7) is 3.03. The van der Waals surface area contributed by atoms with E-state index in [2.05, 4.69) is 0 Å². The van der Waals surface area contributed by atoms with E-state index in [4.69, 9.17) is 9.84 Å². The second-order valence-electron chi connectivity index (χ2n) is 4.57. The molecule has 20 heavy (non-hydrogen) atoms. The Hall–Kier alpha value is -2.30. The third kappa shape index (κ3) is 3.38. The van der Waals surface area contributed by atoms with Crippen LogP contribution in [0.4, 0.5) is 4.79 Å². The van der Waals surface area contributed by atoms with Crippen molar-refractivity contribution in [2.24, 2.45) is 0 Å². The number of carboxylic acid groups (broad SMARTS) is 1. The van der Waals surface area contributed by atoms with Gasteiger partial charge in [-0.2, -0.15) is 0 Å². The summed E-state index contributed by atoms with van der Waals surface area (Å²) >= 11 is 0. The number of ether oxygens (including phenoxy) is 1. The molecular formula is C15H17NO4. The number of esters is 1. The number of hydrogen-bond acceptors (Lipinski definition) is 3. The first kappa shape index (κ1) is 14.1. The van der Waals surface area contributed by atoms with Crippen molar-refractivity contribution in [2.45, 2.75) is 19.9 Å². The number of benzene rings is 1. The summed E-state index contributed by atoms with van der Waals surface area (Å²) in [5, 5.41) is 9.02. The largest absolute Gasteiger partial charge is 0.465 e. The molecule has 0 fully saturated rings. The van der Waals surface area contributed by atoms with Gasteiger partial charge >= 0.3 is 12.1 Å². The average Bonchev–Trinajstić information content (AvgIpc) is 2.44. The Morgan fingerprint density at radius 2 is 2.20 bits per heavy atom. The lowest BCUT2D eigenvalue weighted by atomic mass is 9.97. The van der Waals surface area contributed by atoms with Crippen molar-refractivity contribution in [3.8, 4) is 0 Å². The molecule has 0 aromatic heterocycles. The highest BCUT2D eigenvalue weighted by molar-refractivity contribution is 5.87. The fraction of sp³-hybridized carbons (Fsp3) is 0.333. The summed E-state index contributed by atoms with van der Waals surface area (Å²) < 4.78 is 4.81. The predicted molar refractivity (Wildman–Crippen MR) is 74.2 cm³/mol. The maximum atomic E-state index is 11.3. The lowest BCUT2D eigenvalue weighted by molar-refractivity contribution is -0.137. The van der Waals surface area contributed by atoms with Crippen molar-refractivity contribution in [1.29, 1.82) is 0 Å². The van der Waals surface area contributed by atoms with Crippen LogP contribution < -0.4 is 0 Å². The molecule has 1 amide bonds. The second-order valence-corrected chi connectivity index (χ2v) is 4.57. The molecule has 5 nitrogen and oxygen atoms in total. The van der Waals surface area contributed by atoms with Gasteiger partial charge in [0.2, 0.25) is 0 Å². The molecule has 0 bridgehead atoms. The molecule has 1 aromatic carbocycles. The molecule has 0 aliphatic carbocycles. The van der Waals surface area contributed by atoms with E-state index in [0.29, 0.717) is 19.7 Å². The summed E-state index contributed by atoms with van der Waals surface area (Å²) in [6, 6.07) is 5.82. The second kappa shape index (κ2) is 6.23. The van der Waals surface area contributed by atoms with Gasteiger partial charge in [0.1, 0.15) is 0 Å². The Morgan fingerprint density at radius 3 is 2.90 bits per heavy atom. The summed E-state index contributed by atoms with van der Waals surface area (Å²) in [7, 11) is 0. The molecule has 0 saturated carbocycles. The minimum Gasteiger partial charge on any atom is -0.465 e. The van der Waals surface area contributed by atoms with Gasteiger partial charge in [0, 0.05) is 19.2 Å². The summed E-state index contributed by atoms with van der Waals surface area (Å²) in [4.78, 5) is 23.6. The smallest absolute Gasteiger partial charge is 0.407 e. The van der Waals surface area contributed by atoms with E-state index < -0.39 is 6.09 Å². The van der Waals surface area contributed by atoms with Crippen molar-refractivity contribution in [3.05, 3.63) is 41.0 Å². The lowest BCUT2D eigenvalue weighted by Gasteiger charge is -2.26. The molecule has 0 atom stereocenters. The van der Waals surface area contributed by atoms with E-state index >= 15 is 0 Å². The van der Waals surface area contributed by atoms with Crippen molar-refractivity contribution in [2.75, 3.05) is 13.2 Å². The van der Waals surface area contributed by atoms with Gasteiger partial charge in [-0.15, -0.1) is 0 Å². The van der Waals surface area contributed by atoms with Crippen LogP contribution in [0.5, 0.6) is 0 Å². The average molecular weight is 275 g/mol. The maximum Gasteiger partial charge on any atom is 0.407 e. The molecule has 0 radical (unpaired) electrons. The Labute approximate surface area is 117 Å². The van der Waals surface area contributed by atoms with E-state index in [-0.39, 0.29) is 5.97 Å². The van der Waals surface area contributed by atoms with Gasteiger partial charge in [0.05, 0.1) is 6.61 Å². The predicted octanol–water partition coefficient (Wildman–Crippen LogP) is 2.30. The topological polar surface area (TPSA) is 66.8 Å². The van der Waals surface area contributed by atoms with Crippen LogP contribution in [0.3, 0.4) is 0 Å². The van der Waals surface area contributed by atoms with E-state index in [1.54, 1.807) is 13.0 Å². The van der Waals surface area contributed by atoms with E-state index in [1.165, 1.54) is 11.0 Å². The highest BCUT2D eigenvalue weighted by atomic mass is 16.5. The monoisotopic (exact) mass is 275 g/mol. The molecule has 0 unspecified atom stereocenters. The van der Waals surface area contributed by atoms with Gasteiger partial charge in [-0.1, -0.05) is 12.1 Å². The Kier molecular flexibility index (Phi) is 4.40. The van der Waals surface area contributed by atoms with E-state index in [0.717, 1.165) is 23.1 Å². The van der Waals surface area contributed by atoms with Gasteiger partial charge in [-0.05, 0) is 42.2 Å². The quantitative estimate of drug-likeness (QED) is 0.679. The van der Waals surface area contributed by atoms with Crippen LogP contribution in [-0.4, -0.2) is 35.2 Å². The highest BCUT2D eigenvalue weighted by Crippen LogP contribution is 2.21. The van der Waals surface area contributed by atoms with Gasteiger partial charge in [-0.3, -0.25) is 0 Å². The van der Waals surface area contributed by atoms with Crippen LogP contribution in [0, 0.1) is 0 Å². The minimum absolute atomic E-state index is 0.348. The lowest BCUT2D eigenvalue weighted by Crippen LogP contribution is -2.34. The van der Waals surface area contributed by atoms with Crippen LogP contribution in [-0.2, 0) is 22.5 Å². The molecule has 0 spiro atoms. The number of carbonyl (C=O) groups excluding carboxylic acids is 1. The van der Waals surface area contributed by atoms with Gasteiger partial charge in [0.15, 0.2) is 0 Å². The highest BCUT2D eigenvalue weighted by Gasteiger charge is 2.19. The molecule has 1 aliphatic rings. The molecule has 1 N–H and O–H groups in total. The first-order chi connectivity index (χ1) is 9.60. The molecule has 106 valence electrons. The third-order valence-corrected chi connectivity index (χ3v) is 3.21. The van der Waals surface area contributed by atoms with Crippen molar-refractivity contribution in [1.82, 2.24) is 4.90 Å². The molecule has 2 rings (SSSR count). The summed E-state index contributed by atoms with van der Waals surface area (Å²) in [5.41, 5.74) is 3.02. The zero-order valence-electron chi connectivity index (χ0n) is 11.3. The van der Waals surface area contributed by atoms with Gasteiger partial charge in [0.25, 0.3) is 0 Å². The number of nitrogens with zero attached hydrogens (tertiary/aromatic N) is 1. The summed E-state index contributed by atoms with van der Waals surface area (Å²) in [6.07, 6.45) is 2.88. The molecule has 0 saturated heterocycles. The van der Waals surface area contributed by atoms with Crippen molar-refractivity contribution >= 4 is 18.1 Å². The number of rotatable bonds is 3. The molecule has 1 aromatic rings. The maximum absolute atomic E-state index is 11.3. The van der Waals surface area contributed by atoms with Gasteiger partial charge in [-0.25, -0.2) is 9.59 Å². The SMILES string of the molecule is CCOC(=O)/C=C/c1ccc2c(c1)CN(C(=O)O)CC2. The Bertz CT molecular complexity index is 551. The summed E-state index contributed by atoms with van der Waals surface area (Å²) in [5.74, 6) is -0.377. The van der Waals surface area contributed by atoms with E-state index in [1.807, 2.05) is 18.2 Å². The number of fused-ring (bicyclic) bond motifs is 1. The molecule has 1 aliphatic heterocycles. The third-order valence-electron chi connectivity index (χ3n) is 3.21.